The summed E-state index contributed by atoms with van der Waals surface area (Å²) < 4.78 is 36.4. The fourth-order valence-electron chi connectivity index (χ4n) is 3.16. The highest BCUT2D eigenvalue weighted by Gasteiger charge is 2.34. The van der Waals surface area contributed by atoms with E-state index in [0.29, 0.717) is 17.3 Å². The van der Waals surface area contributed by atoms with Gasteiger partial charge in [-0.15, -0.1) is 0 Å². The lowest BCUT2D eigenvalue weighted by Crippen LogP contribution is -2.50. The van der Waals surface area contributed by atoms with Crippen molar-refractivity contribution in [3.05, 3.63) is 60.0 Å². The summed E-state index contributed by atoms with van der Waals surface area (Å²) in [6.07, 6.45) is 0.0868. The van der Waals surface area contributed by atoms with E-state index in [1.54, 1.807) is 24.3 Å². The number of para-hydroxylation sites is 2. The molecule has 0 saturated carbocycles. The number of ether oxygens (including phenoxy) is 1. The van der Waals surface area contributed by atoms with Gasteiger partial charge in [-0.05, 0) is 25.1 Å². The van der Waals surface area contributed by atoms with Crippen LogP contribution in [0.15, 0.2) is 53.1 Å². The molecule has 2 aromatic carbocycles. The summed E-state index contributed by atoms with van der Waals surface area (Å²) in [6, 6.07) is 14.3. The largest absolute Gasteiger partial charge is 0.476 e. The van der Waals surface area contributed by atoms with E-state index >= 15 is 0 Å². The van der Waals surface area contributed by atoms with Gasteiger partial charge >= 0.3 is 0 Å². The lowest BCUT2D eigenvalue weighted by Gasteiger charge is -2.33. The van der Waals surface area contributed by atoms with Gasteiger partial charge in [0.1, 0.15) is 5.75 Å². The molecule has 0 fully saturated rings. The third kappa shape index (κ3) is 4.13. The SMILES string of the molecule is Cc1cccc(-c2noc(CNC(=O)[C@@H]3CN(S(C)(=O)=O)c4ccccc4O3)n2)c1. The van der Waals surface area contributed by atoms with E-state index in [2.05, 4.69) is 15.5 Å². The van der Waals surface area contributed by atoms with E-state index in [9.17, 15) is 13.2 Å². The number of carbonyl (C=O) groups is 1. The Hall–Kier alpha value is -3.40. The van der Waals surface area contributed by atoms with Crippen molar-refractivity contribution in [3.63, 3.8) is 0 Å². The summed E-state index contributed by atoms with van der Waals surface area (Å²) in [7, 11) is -3.57. The first-order chi connectivity index (χ1) is 14.3. The standard InChI is InChI=1S/C20H20N4O5S/c1-13-6-5-7-14(10-13)19-22-18(29-23-19)11-21-20(25)17-12-24(30(2,26)27)15-8-3-4-9-16(15)28-17/h3-10,17H,11-12H2,1-2H3,(H,21,25)/t17-/m0/s1. The Morgan fingerprint density at radius 2 is 2.03 bits per heavy atom. The average Bonchev–Trinajstić information content (AvgIpc) is 3.19. The molecule has 1 aliphatic rings. The molecule has 3 aromatic rings. The zero-order valence-corrected chi connectivity index (χ0v) is 17.2. The van der Waals surface area contributed by atoms with E-state index in [0.717, 1.165) is 17.4 Å². The van der Waals surface area contributed by atoms with Gasteiger partial charge in [0.05, 0.1) is 25.0 Å². The van der Waals surface area contributed by atoms with Crippen LogP contribution in [-0.4, -0.2) is 43.4 Å². The molecule has 1 aromatic heterocycles. The van der Waals surface area contributed by atoms with Gasteiger partial charge in [-0.2, -0.15) is 4.98 Å². The van der Waals surface area contributed by atoms with Crippen molar-refractivity contribution in [2.45, 2.75) is 19.6 Å². The second kappa shape index (κ2) is 7.79. The quantitative estimate of drug-likeness (QED) is 0.660. The number of aryl methyl sites for hydroxylation is 1. The van der Waals surface area contributed by atoms with Crippen LogP contribution in [0.2, 0.25) is 0 Å². The normalized spacial score (nSPS) is 15.9. The molecular weight excluding hydrogens is 408 g/mol. The van der Waals surface area contributed by atoms with Crippen LogP contribution in [0.25, 0.3) is 11.4 Å². The first kappa shape index (κ1) is 19.9. The lowest BCUT2D eigenvalue weighted by atomic mass is 10.1. The van der Waals surface area contributed by atoms with Crippen LogP contribution in [0.5, 0.6) is 5.75 Å². The first-order valence-corrected chi connectivity index (χ1v) is 11.1. The van der Waals surface area contributed by atoms with Gasteiger partial charge < -0.3 is 14.6 Å². The zero-order chi connectivity index (χ0) is 21.3. The van der Waals surface area contributed by atoms with E-state index < -0.39 is 22.0 Å². The van der Waals surface area contributed by atoms with E-state index in [1.165, 1.54) is 4.31 Å². The van der Waals surface area contributed by atoms with Crippen molar-refractivity contribution in [1.29, 1.82) is 0 Å². The molecule has 1 atom stereocenters. The highest BCUT2D eigenvalue weighted by molar-refractivity contribution is 7.92. The van der Waals surface area contributed by atoms with Crippen LogP contribution >= 0.6 is 0 Å². The van der Waals surface area contributed by atoms with Gasteiger partial charge in [-0.1, -0.05) is 41.1 Å². The number of rotatable bonds is 5. The summed E-state index contributed by atoms with van der Waals surface area (Å²) in [5, 5.41) is 6.60. The number of fused-ring (bicyclic) bond motifs is 1. The van der Waals surface area contributed by atoms with Gasteiger partial charge in [0, 0.05) is 5.56 Å². The molecule has 9 nitrogen and oxygen atoms in total. The molecule has 4 rings (SSSR count). The van der Waals surface area contributed by atoms with E-state index in [-0.39, 0.29) is 19.0 Å². The van der Waals surface area contributed by atoms with Crippen molar-refractivity contribution in [3.8, 4) is 17.1 Å². The van der Waals surface area contributed by atoms with Crippen molar-refractivity contribution in [1.82, 2.24) is 15.5 Å². The van der Waals surface area contributed by atoms with Crippen LogP contribution in [0.4, 0.5) is 5.69 Å². The minimum absolute atomic E-state index is 0.00195. The highest BCUT2D eigenvalue weighted by atomic mass is 32.2. The van der Waals surface area contributed by atoms with Crippen LogP contribution in [0.3, 0.4) is 0 Å². The predicted octanol–water partition coefficient (Wildman–Crippen LogP) is 1.89. The maximum absolute atomic E-state index is 12.6. The minimum atomic E-state index is -3.57. The van der Waals surface area contributed by atoms with Crippen LogP contribution in [-0.2, 0) is 21.4 Å². The third-order valence-electron chi connectivity index (χ3n) is 4.59. The maximum atomic E-state index is 12.6. The lowest BCUT2D eigenvalue weighted by molar-refractivity contribution is -0.128. The number of carbonyl (C=O) groups excluding carboxylic acids is 1. The van der Waals surface area contributed by atoms with Crippen molar-refractivity contribution < 1.29 is 22.5 Å². The Labute approximate surface area is 173 Å². The second-order valence-corrected chi connectivity index (χ2v) is 8.87. The smallest absolute Gasteiger partial charge is 0.263 e. The second-order valence-electron chi connectivity index (χ2n) is 6.97. The van der Waals surface area contributed by atoms with Crippen LogP contribution in [0.1, 0.15) is 11.5 Å². The predicted molar refractivity (Wildman–Crippen MR) is 109 cm³/mol. The number of hydrogen-bond acceptors (Lipinski definition) is 7. The van der Waals surface area contributed by atoms with Gasteiger partial charge in [-0.3, -0.25) is 9.10 Å². The molecular formula is C20H20N4O5S. The number of benzene rings is 2. The Bertz CT molecular complexity index is 1190. The number of sulfonamides is 1. The fraction of sp³-hybridized carbons (Fsp3) is 0.250. The molecule has 1 amide bonds. The Morgan fingerprint density at radius 1 is 1.23 bits per heavy atom. The number of amides is 1. The third-order valence-corrected chi connectivity index (χ3v) is 5.73. The number of anilines is 1. The van der Waals surface area contributed by atoms with E-state index in [4.69, 9.17) is 9.26 Å². The molecule has 0 bridgehead atoms. The molecule has 0 aliphatic carbocycles. The van der Waals surface area contributed by atoms with Crippen LogP contribution < -0.4 is 14.4 Å². The Balaban J connectivity index is 1.45. The zero-order valence-electron chi connectivity index (χ0n) is 16.4. The number of aromatic nitrogens is 2. The number of hydrogen-bond donors (Lipinski definition) is 1. The highest BCUT2D eigenvalue weighted by Crippen LogP contribution is 2.34. The van der Waals surface area contributed by atoms with Crippen LogP contribution in [0, 0.1) is 6.92 Å². The summed E-state index contributed by atoms with van der Waals surface area (Å²) in [4.78, 5) is 16.9. The summed E-state index contributed by atoms with van der Waals surface area (Å²) in [6.45, 7) is 1.84. The molecule has 0 radical (unpaired) electrons. The van der Waals surface area contributed by atoms with Crippen molar-refractivity contribution in [2.24, 2.45) is 0 Å². The maximum Gasteiger partial charge on any atom is 0.263 e. The first-order valence-electron chi connectivity index (χ1n) is 9.22. The number of nitrogens with one attached hydrogen (secondary N) is 1. The van der Waals surface area contributed by atoms with Gasteiger partial charge in [0.15, 0.2) is 6.10 Å². The Morgan fingerprint density at radius 3 is 2.80 bits per heavy atom. The van der Waals surface area contributed by atoms with Gasteiger partial charge in [-0.25, -0.2) is 8.42 Å². The molecule has 1 aliphatic heterocycles. The van der Waals surface area contributed by atoms with Gasteiger partial charge in [0.25, 0.3) is 5.91 Å². The summed E-state index contributed by atoms with van der Waals surface area (Å²) in [5.41, 5.74) is 2.29. The fourth-order valence-corrected chi connectivity index (χ4v) is 4.07. The monoisotopic (exact) mass is 428 g/mol. The van der Waals surface area contributed by atoms with E-state index in [1.807, 2.05) is 31.2 Å². The van der Waals surface area contributed by atoms with Gasteiger partial charge in [0.2, 0.25) is 21.7 Å². The minimum Gasteiger partial charge on any atom is -0.476 e. The summed E-state index contributed by atoms with van der Waals surface area (Å²) in [5.74, 6) is 0.507. The molecule has 0 unspecified atom stereocenters. The van der Waals surface area contributed by atoms with Crippen molar-refractivity contribution in [2.75, 3.05) is 17.1 Å². The Kier molecular flexibility index (Phi) is 5.17. The molecule has 156 valence electrons. The molecule has 10 heteroatoms. The summed E-state index contributed by atoms with van der Waals surface area (Å²) >= 11 is 0. The molecule has 0 saturated heterocycles. The average molecular weight is 428 g/mol. The molecule has 1 N–H and O–H groups in total. The molecule has 2 heterocycles. The molecule has 30 heavy (non-hydrogen) atoms. The van der Waals surface area contributed by atoms with Crippen molar-refractivity contribution >= 4 is 21.6 Å². The molecule has 0 spiro atoms. The topological polar surface area (TPSA) is 115 Å². The number of nitrogens with zero attached hydrogens (tertiary/aromatic N) is 3.